The third-order valence-corrected chi connectivity index (χ3v) is 1.80. The molecule has 0 N–H and O–H groups in total. The molecule has 0 aliphatic heterocycles. The Morgan fingerprint density at radius 2 is 1.67 bits per heavy atom. The van der Waals surface area contributed by atoms with Crippen LogP contribution in [0.2, 0.25) is 0 Å². The van der Waals surface area contributed by atoms with Crippen LogP contribution in [0.3, 0.4) is 0 Å². The molecule has 0 aliphatic carbocycles. The summed E-state index contributed by atoms with van der Waals surface area (Å²) in [5, 5.41) is 0. The molecule has 0 radical (unpaired) electrons. The third kappa shape index (κ3) is 3.86. The first-order valence-corrected chi connectivity index (χ1v) is 5.21. The average Bonchev–Trinajstić information content (AvgIpc) is 1.99. The Kier molecular flexibility index (Phi) is 3.03. The van der Waals surface area contributed by atoms with E-state index in [2.05, 4.69) is 30.7 Å². The first kappa shape index (κ1) is 12.0. The van der Waals surface area contributed by atoms with Crippen molar-refractivity contribution in [3.63, 3.8) is 0 Å². The fourth-order valence-corrected chi connectivity index (χ4v) is 1.08. The van der Waals surface area contributed by atoms with Crippen LogP contribution in [0, 0.1) is 0 Å². The van der Waals surface area contributed by atoms with Crippen LogP contribution in [0.1, 0.15) is 47.2 Å². The van der Waals surface area contributed by atoms with Crippen molar-refractivity contribution in [1.82, 2.24) is 9.97 Å². The molecular weight excluding hydrogens is 188 g/mol. The minimum Gasteiger partial charge on any atom is -0.458 e. The summed E-state index contributed by atoms with van der Waals surface area (Å²) >= 11 is 0. The van der Waals surface area contributed by atoms with Gasteiger partial charge in [0.05, 0.1) is 5.69 Å². The van der Waals surface area contributed by atoms with Crippen molar-refractivity contribution >= 4 is 0 Å². The zero-order valence-electron chi connectivity index (χ0n) is 10.5. The van der Waals surface area contributed by atoms with Gasteiger partial charge < -0.3 is 4.74 Å². The van der Waals surface area contributed by atoms with E-state index in [1.165, 1.54) is 0 Å². The lowest BCUT2D eigenvalue weighted by molar-refractivity contribution is 0.116. The van der Waals surface area contributed by atoms with Crippen LogP contribution >= 0.6 is 0 Å². The molecule has 3 nitrogen and oxygen atoms in total. The topological polar surface area (TPSA) is 35.0 Å². The SMILES string of the molecule is CC(C)(C)Oc1nccc(C(C)(C)C)n1. The van der Waals surface area contributed by atoms with Crippen molar-refractivity contribution in [2.24, 2.45) is 0 Å². The Labute approximate surface area is 91.9 Å². The molecule has 0 saturated carbocycles. The van der Waals surface area contributed by atoms with Gasteiger partial charge in [-0.15, -0.1) is 0 Å². The molecule has 0 fully saturated rings. The second kappa shape index (κ2) is 3.80. The molecule has 0 saturated heterocycles. The Hall–Kier alpha value is -1.12. The van der Waals surface area contributed by atoms with Gasteiger partial charge in [-0.3, -0.25) is 0 Å². The molecule has 15 heavy (non-hydrogen) atoms. The zero-order valence-corrected chi connectivity index (χ0v) is 10.5. The molecule has 0 spiro atoms. The minimum atomic E-state index is -0.253. The standard InChI is InChI=1S/C12H20N2O/c1-11(2,3)9-7-8-13-10(14-9)15-12(4,5)6/h7-8H,1-6H3. The molecule has 1 heterocycles. The summed E-state index contributed by atoms with van der Waals surface area (Å²) in [5.74, 6) is 0. The van der Waals surface area contributed by atoms with Gasteiger partial charge in [0.15, 0.2) is 0 Å². The summed E-state index contributed by atoms with van der Waals surface area (Å²) in [4.78, 5) is 8.50. The molecule has 0 amide bonds. The molecule has 1 aromatic heterocycles. The second-order valence-electron chi connectivity index (χ2n) is 5.69. The highest BCUT2D eigenvalue weighted by molar-refractivity contribution is 5.14. The van der Waals surface area contributed by atoms with Crippen molar-refractivity contribution in [2.75, 3.05) is 0 Å². The Balaban J connectivity index is 2.94. The average molecular weight is 208 g/mol. The van der Waals surface area contributed by atoms with Gasteiger partial charge in [-0.05, 0) is 26.8 Å². The number of hydrogen-bond donors (Lipinski definition) is 0. The van der Waals surface area contributed by atoms with Crippen LogP contribution in [0.4, 0.5) is 0 Å². The lowest BCUT2D eigenvalue weighted by Gasteiger charge is -2.22. The predicted octanol–water partition coefficient (Wildman–Crippen LogP) is 2.95. The molecule has 0 bridgehead atoms. The number of nitrogens with zero attached hydrogens (tertiary/aromatic N) is 2. The van der Waals surface area contributed by atoms with Gasteiger partial charge in [0.1, 0.15) is 5.60 Å². The molecular formula is C12H20N2O. The van der Waals surface area contributed by atoms with Crippen molar-refractivity contribution in [3.8, 4) is 6.01 Å². The Morgan fingerprint density at radius 3 is 2.13 bits per heavy atom. The lowest BCUT2D eigenvalue weighted by atomic mass is 9.92. The summed E-state index contributed by atoms with van der Waals surface area (Å²) in [6.07, 6.45) is 1.74. The number of aromatic nitrogens is 2. The van der Waals surface area contributed by atoms with E-state index >= 15 is 0 Å². The first-order valence-electron chi connectivity index (χ1n) is 5.21. The summed E-state index contributed by atoms with van der Waals surface area (Å²) in [6.45, 7) is 12.3. The number of ether oxygens (including phenoxy) is 1. The van der Waals surface area contributed by atoms with Crippen LogP contribution in [0.5, 0.6) is 6.01 Å². The van der Waals surface area contributed by atoms with Gasteiger partial charge in [0, 0.05) is 11.6 Å². The largest absolute Gasteiger partial charge is 0.458 e. The fraction of sp³-hybridized carbons (Fsp3) is 0.667. The van der Waals surface area contributed by atoms with Crippen molar-refractivity contribution in [2.45, 2.75) is 52.6 Å². The highest BCUT2D eigenvalue weighted by Crippen LogP contribution is 2.21. The highest BCUT2D eigenvalue weighted by atomic mass is 16.5. The van der Waals surface area contributed by atoms with E-state index in [1.54, 1.807) is 6.20 Å². The summed E-state index contributed by atoms with van der Waals surface area (Å²) in [6, 6.07) is 2.38. The van der Waals surface area contributed by atoms with E-state index < -0.39 is 0 Å². The second-order valence-corrected chi connectivity index (χ2v) is 5.69. The van der Waals surface area contributed by atoms with E-state index in [4.69, 9.17) is 4.74 Å². The van der Waals surface area contributed by atoms with Crippen molar-refractivity contribution < 1.29 is 4.74 Å². The maximum atomic E-state index is 5.62. The number of hydrogen-bond acceptors (Lipinski definition) is 3. The van der Waals surface area contributed by atoms with Crippen LogP contribution in [-0.4, -0.2) is 15.6 Å². The minimum absolute atomic E-state index is 0.0267. The monoisotopic (exact) mass is 208 g/mol. The smallest absolute Gasteiger partial charge is 0.317 e. The van der Waals surface area contributed by atoms with Gasteiger partial charge in [-0.1, -0.05) is 20.8 Å². The van der Waals surface area contributed by atoms with E-state index in [1.807, 2.05) is 26.8 Å². The summed E-state index contributed by atoms with van der Waals surface area (Å²) in [5.41, 5.74) is 0.770. The molecule has 3 heteroatoms. The van der Waals surface area contributed by atoms with Gasteiger partial charge in [-0.2, -0.15) is 4.98 Å². The van der Waals surface area contributed by atoms with Crippen molar-refractivity contribution in [1.29, 1.82) is 0 Å². The van der Waals surface area contributed by atoms with Gasteiger partial charge in [0.25, 0.3) is 0 Å². The van der Waals surface area contributed by atoms with Gasteiger partial charge >= 0.3 is 6.01 Å². The molecule has 0 aliphatic rings. The lowest BCUT2D eigenvalue weighted by Crippen LogP contribution is -2.25. The highest BCUT2D eigenvalue weighted by Gasteiger charge is 2.18. The van der Waals surface area contributed by atoms with Crippen LogP contribution in [0.15, 0.2) is 12.3 Å². The van der Waals surface area contributed by atoms with Gasteiger partial charge in [0.2, 0.25) is 0 Å². The van der Waals surface area contributed by atoms with Crippen LogP contribution in [-0.2, 0) is 5.41 Å². The third-order valence-electron chi connectivity index (χ3n) is 1.80. The normalized spacial score (nSPS) is 12.7. The fourth-order valence-electron chi connectivity index (χ4n) is 1.08. The molecule has 0 unspecified atom stereocenters. The first-order chi connectivity index (χ1) is 6.68. The zero-order chi connectivity index (χ0) is 11.7. The Bertz CT molecular complexity index is 334. The maximum absolute atomic E-state index is 5.62. The Morgan fingerprint density at radius 1 is 1.07 bits per heavy atom. The molecule has 84 valence electrons. The van der Waals surface area contributed by atoms with Crippen LogP contribution in [0.25, 0.3) is 0 Å². The molecule has 0 atom stereocenters. The van der Waals surface area contributed by atoms with Gasteiger partial charge in [-0.25, -0.2) is 4.98 Å². The summed E-state index contributed by atoms with van der Waals surface area (Å²) in [7, 11) is 0. The van der Waals surface area contributed by atoms with Crippen molar-refractivity contribution in [3.05, 3.63) is 18.0 Å². The predicted molar refractivity (Wildman–Crippen MR) is 61.1 cm³/mol. The summed E-state index contributed by atoms with van der Waals surface area (Å²) < 4.78 is 5.62. The molecule has 1 aromatic rings. The van der Waals surface area contributed by atoms with E-state index in [0.717, 1.165) is 5.69 Å². The quantitative estimate of drug-likeness (QED) is 0.711. The van der Waals surface area contributed by atoms with E-state index in [0.29, 0.717) is 6.01 Å². The van der Waals surface area contributed by atoms with E-state index in [9.17, 15) is 0 Å². The maximum Gasteiger partial charge on any atom is 0.317 e. The van der Waals surface area contributed by atoms with Crippen LogP contribution < -0.4 is 4.74 Å². The van der Waals surface area contributed by atoms with E-state index in [-0.39, 0.29) is 11.0 Å². The number of rotatable bonds is 1. The molecule has 1 rings (SSSR count). The molecule has 0 aromatic carbocycles.